The Hall–Kier alpha value is -4.12. The number of ether oxygens (including phenoxy) is 3. The number of carbonyl (C=O) groups excluding carboxylic acids is 3. The molecule has 3 unspecified atom stereocenters. The Bertz CT molecular complexity index is 1630. The zero-order valence-electron chi connectivity index (χ0n) is 43.4. The third-order valence-corrected chi connectivity index (χ3v) is 11.3. The Kier molecular flexibility index (Phi) is 48.2. The van der Waals surface area contributed by atoms with Gasteiger partial charge in [0.05, 0.1) is 26.2 Å². The standard InChI is InChI=1S/C58H93O11P/c1-4-7-10-13-16-19-22-24-26-27-29-31-34-37-40-43-46-49-58(62)69-55(51-65-56(60)47-44-41-38-35-33-30-28-25-23-20-17-14-11-8-5-2)53-67-70(63,64)66-52-54(50-59)68-57(61)48-45-42-39-36-32-21-18-15-12-9-6-3/h7-8,10-11,15-20,24-26,28-29,31,33,35,41,44,54-55,59H,4-6,9,12-14,21-23,27,30,32,34,36-40,42-43,45-53H2,1-3H3,(H,63,64)/b10-7-,11-8-,18-15-,19-16-,20-17-,26-24-,28-25-,31-29-,35-33-,44-41-. The maximum Gasteiger partial charge on any atom is 0.472 e. The molecule has 0 bridgehead atoms. The molecule has 2 N–H and O–H groups in total. The van der Waals surface area contributed by atoms with Gasteiger partial charge in [-0.15, -0.1) is 0 Å². The van der Waals surface area contributed by atoms with Gasteiger partial charge in [0.2, 0.25) is 0 Å². The third-order valence-electron chi connectivity index (χ3n) is 10.4. The number of carbonyl (C=O) groups is 3. The van der Waals surface area contributed by atoms with Crippen LogP contribution in [0.15, 0.2) is 122 Å². The highest BCUT2D eigenvalue weighted by molar-refractivity contribution is 7.47. The highest BCUT2D eigenvalue weighted by Gasteiger charge is 2.28. The number of aliphatic hydroxyl groups is 1. The number of phosphoric acid groups is 1. The number of hydrogen-bond donors (Lipinski definition) is 2. The van der Waals surface area contributed by atoms with Crippen LogP contribution in [-0.4, -0.2) is 66.5 Å². The van der Waals surface area contributed by atoms with Crippen molar-refractivity contribution in [2.45, 2.75) is 200 Å². The van der Waals surface area contributed by atoms with E-state index in [1.54, 1.807) is 6.08 Å². The van der Waals surface area contributed by atoms with Crippen molar-refractivity contribution in [3.63, 3.8) is 0 Å². The summed E-state index contributed by atoms with van der Waals surface area (Å²) in [7, 11) is -4.78. The Morgan fingerprint density at radius 3 is 1.23 bits per heavy atom. The van der Waals surface area contributed by atoms with Crippen molar-refractivity contribution in [2.24, 2.45) is 0 Å². The highest BCUT2D eigenvalue weighted by atomic mass is 31.2. The molecule has 0 spiro atoms. The Morgan fingerprint density at radius 2 is 0.786 bits per heavy atom. The maximum absolute atomic E-state index is 12.9. The molecule has 0 aromatic carbocycles. The average Bonchev–Trinajstić information content (AvgIpc) is 3.35. The van der Waals surface area contributed by atoms with E-state index in [0.717, 1.165) is 116 Å². The molecular weight excluding hydrogens is 904 g/mol. The molecule has 11 nitrogen and oxygen atoms in total. The van der Waals surface area contributed by atoms with E-state index in [-0.39, 0.29) is 19.3 Å². The van der Waals surface area contributed by atoms with Crippen molar-refractivity contribution in [1.82, 2.24) is 0 Å². The second-order valence-electron chi connectivity index (χ2n) is 16.9. The lowest BCUT2D eigenvalue weighted by molar-refractivity contribution is -0.161. The quantitative estimate of drug-likeness (QED) is 0.0197. The first kappa shape index (κ1) is 65.9. The zero-order valence-corrected chi connectivity index (χ0v) is 44.3. The summed E-state index contributed by atoms with van der Waals surface area (Å²) in [6.45, 7) is 4.19. The molecule has 12 heteroatoms. The molecule has 0 aromatic rings. The highest BCUT2D eigenvalue weighted by Crippen LogP contribution is 2.43. The second kappa shape index (κ2) is 51.2. The molecule has 0 amide bonds. The molecule has 0 saturated heterocycles. The van der Waals surface area contributed by atoms with Crippen LogP contribution in [-0.2, 0) is 42.2 Å². The van der Waals surface area contributed by atoms with Crippen LogP contribution in [0.25, 0.3) is 0 Å². The van der Waals surface area contributed by atoms with Crippen molar-refractivity contribution in [2.75, 3.05) is 26.4 Å². The van der Waals surface area contributed by atoms with E-state index in [1.807, 2.05) is 12.2 Å². The number of unbranched alkanes of at least 4 members (excludes halogenated alkanes) is 11. The predicted molar refractivity (Wildman–Crippen MR) is 288 cm³/mol. The Morgan fingerprint density at radius 1 is 0.429 bits per heavy atom. The first-order valence-corrected chi connectivity index (χ1v) is 27.9. The minimum Gasteiger partial charge on any atom is -0.461 e. The van der Waals surface area contributed by atoms with Gasteiger partial charge in [-0.2, -0.15) is 0 Å². The fourth-order valence-electron chi connectivity index (χ4n) is 6.40. The lowest BCUT2D eigenvalue weighted by Gasteiger charge is -2.21. The van der Waals surface area contributed by atoms with Crippen molar-refractivity contribution in [3.8, 4) is 0 Å². The van der Waals surface area contributed by atoms with Crippen LogP contribution in [0.4, 0.5) is 0 Å². The molecule has 0 saturated carbocycles. The summed E-state index contributed by atoms with van der Waals surface area (Å²) in [5, 5.41) is 9.77. The Labute approximate surface area is 424 Å². The van der Waals surface area contributed by atoms with E-state index in [2.05, 4.69) is 124 Å². The average molecular weight is 997 g/mol. The van der Waals surface area contributed by atoms with Gasteiger partial charge in [0.1, 0.15) is 12.7 Å². The zero-order chi connectivity index (χ0) is 51.3. The van der Waals surface area contributed by atoms with E-state index in [1.165, 1.54) is 12.8 Å². The topological polar surface area (TPSA) is 155 Å². The molecule has 0 aromatic heterocycles. The lowest BCUT2D eigenvalue weighted by atomic mass is 10.1. The smallest absolute Gasteiger partial charge is 0.461 e. The molecule has 0 aliphatic heterocycles. The van der Waals surface area contributed by atoms with E-state index < -0.39 is 64.4 Å². The van der Waals surface area contributed by atoms with E-state index >= 15 is 0 Å². The van der Waals surface area contributed by atoms with Crippen LogP contribution in [0.5, 0.6) is 0 Å². The van der Waals surface area contributed by atoms with Crippen LogP contribution >= 0.6 is 7.82 Å². The molecule has 0 heterocycles. The number of hydrogen-bond acceptors (Lipinski definition) is 10. The fourth-order valence-corrected chi connectivity index (χ4v) is 7.18. The van der Waals surface area contributed by atoms with Crippen LogP contribution < -0.4 is 0 Å². The number of allylic oxidation sites excluding steroid dienone is 19. The third kappa shape index (κ3) is 48.9. The largest absolute Gasteiger partial charge is 0.472 e. The summed E-state index contributed by atoms with van der Waals surface area (Å²) < 4.78 is 39.2. The van der Waals surface area contributed by atoms with Crippen molar-refractivity contribution < 1.29 is 52.2 Å². The number of phosphoric ester groups is 1. The summed E-state index contributed by atoms with van der Waals surface area (Å²) >= 11 is 0. The summed E-state index contributed by atoms with van der Waals surface area (Å²) in [6, 6.07) is 0. The number of esters is 3. The van der Waals surface area contributed by atoms with Crippen molar-refractivity contribution in [1.29, 1.82) is 0 Å². The minimum atomic E-state index is -4.78. The van der Waals surface area contributed by atoms with Gasteiger partial charge in [0, 0.05) is 12.8 Å². The first-order valence-electron chi connectivity index (χ1n) is 26.4. The van der Waals surface area contributed by atoms with Gasteiger partial charge in [-0.25, -0.2) is 4.57 Å². The summed E-state index contributed by atoms with van der Waals surface area (Å²) in [5.41, 5.74) is 0. The predicted octanol–water partition coefficient (Wildman–Crippen LogP) is 15.2. The normalized spacial score (nSPS) is 14.4. The van der Waals surface area contributed by atoms with Gasteiger partial charge in [0.25, 0.3) is 0 Å². The van der Waals surface area contributed by atoms with E-state index in [0.29, 0.717) is 19.3 Å². The monoisotopic (exact) mass is 997 g/mol. The Balaban J connectivity index is 4.93. The van der Waals surface area contributed by atoms with Gasteiger partial charge in [-0.3, -0.25) is 23.4 Å². The lowest BCUT2D eigenvalue weighted by Crippen LogP contribution is -2.30. The summed E-state index contributed by atoms with van der Waals surface area (Å²) in [5.74, 6) is -1.67. The number of aliphatic hydroxyl groups excluding tert-OH is 1. The van der Waals surface area contributed by atoms with Gasteiger partial charge in [-0.1, -0.05) is 187 Å². The molecule has 3 atom stereocenters. The van der Waals surface area contributed by atoms with Crippen LogP contribution in [0.2, 0.25) is 0 Å². The molecular formula is C58H93O11P. The second-order valence-corrected chi connectivity index (χ2v) is 18.4. The first-order chi connectivity index (χ1) is 34.2. The van der Waals surface area contributed by atoms with Crippen LogP contribution in [0, 0.1) is 0 Å². The molecule has 0 rings (SSSR count). The molecule has 0 aliphatic rings. The molecule has 70 heavy (non-hydrogen) atoms. The van der Waals surface area contributed by atoms with Gasteiger partial charge < -0.3 is 24.2 Å². The van der Waals surface area contributed by atoms with Crippen molar-refractivity contribution in [3.05, 3.63) is 122 Å². The SMILES string of the molecule is CC/C=C\C/C=C\C/C=C\C/C=C\C/C=C\CC(=O)OCC(COP(=O)(O)OCC(CO)OC(=O)CCCCCCC/C=C\CCCC)OC(=O)CCCCCC/C=C\C/C=C\C/C=C\C/C=C\CC. The van der Waals surface area contributed by atoms with E-state index in [4.69, 9.17) is 23.3 Å². The van der Waals surface area contributed by atoms with Gasteiger partial charge in [0.15, 0.2) is 6.10 Å². The molecule has 396 valence electrons. The molecule has 0 fully saturated rings. The summed E-state index contributed by atoms with van der Waals surface area (Å²) in [4.78, 5) is 48.3. The van der Waals surface area contributed by atoms with Crippen LogP contribution in [0.3, 0.4) is 0 Å². The van der Waals surface area contributed by atoms with Gasteiger partial charge in [-0.05, 0) is 103 Å². The molecule has 0 aliphatic carbocycles. The summed E-state index contributed by atoms with van der Waals surface area (Å²) in [6.07, 6.45) is 62.0. The van der Waals surface area contributed by atoms with Crippen molar-refractivity contribution >= 4 is 25.7 Å². The van der Waals surface area contributed by atoms with E-state index in [9.17, 15) is 28.9 Å². The van der Waals surface area contributed by atoms with Gasteiger partial charge >= 0.3 is 25.7 Å². The molecule has 0 radical (unpaired) electrons. The fraction of sp³-hybridized carbons (Fsp3) is 0.603. The number of rotatable bonds is 47. The van der Waals surface area contributed by atoms with Crippen LogP contribution in [0.1, 0.15) is 188 Å². The minimum absolute atomic E-state index is 0.0180. The maximum atomic E-state index is 12.9.